The molecule has 3 heteroatoms. The highest BCUT2D eigenvalue weighted by Crippen LogP contribution is 2.09. The van der Waals surface area contributed by atoms with Gasteiger partial charge in [-0.2, -0.15) is 0 Å². The quantitative estimate of drug-likeness (QED) is 0.872. The van der Waals surface area contributed by atoms with Crippen molar-refractivity contribution in [3.63, 3.8) is 0 Å². The predicted octanol–water partition coefficient (Wildman–Crippen LogP) is 2.83. The first-order valence-corrected chi connectivity index (χ1v) is 5.83. The molecule has 0 saturated carbocycles. The molecule has 0 saturated heterocycles. The highest BCUT2D eigenvalue weighted by Gasteiger charge is 2.04. The van der Waals surface area contributed by atoms with Crippen LogP contribution in [0.3, 0.4) is 0 Å². The number of benzene rings is 1. The second-order valence-electron chi connectivity index (χ2n) is 4.28. The van der Waals surface area contributed by atoms with Crippen LogP contribution in [0.15, 0.2) is 42.7 Å². The second-order valence-corrected chi connectivity index (χ2v) is 4.28. The largest absolute Gasteiger partial charge is 0.367 e. The summed E-state index contributed by atoms with van der Waals surface area (Å²) in [4.78, 5) is 8.28. The highest BCUT2D eigenvalue weighted by atomic mass is 15.0. The molecular weight excluding hydrogens is 210 g/mol. The van der Waals surface area contributed by atoms with Crippen molar-refractivity contribution < 1.29 is 0 Å². The third-order valence-corrected chi connectivity index (χ3v) is 2.58. The van der Waals surface area contributed by atoms with E-state index in [2.05, 4.69) is 46.5 Å². The van der Waals surface area contributed by atoms with Crippen LogP contribution < -0.4 is 5.32 Å². The molecule has 1 unspecified atom stereocenters. The molecule has 2 rings (SSSR count). The van der Waals surface area contributed by atoms with E-state index in [0.29, 0.717) is 6.04 Å². The third kappa shape index (κ3) is 3.55. The zero-order valence-corrected chi connectivity index (χ0v) is 10.2. The van der Waals surface area contributed by atoms with Crippen LogP contribution in [0.1, 0.15) is 18.2 Å². The Morgan fingerprint density at radius 2 is 1.94 bits per heavy atom. The Morgan fingerprint density at radius 3 is 2.65 bits per heavy atom. The first kappa shape index (κ1) is 11.6. The Balaban J connectivity index is 1.96. The van der Waals surface area contributed by atoms with E-state index in [9.17, 15) is 0 Å². The van der Waals surface area contributed by atoms with E-state index in [0.717, 1.165) is 17.9 Å². The summed E-state index contributed by atoms with van der Waals surface area (Å²) in [5.74, 6) is 0.890. The van der Waals surface area contributed by atoms with Gasteiger partial charge < -0.3 is 5.32 Å². The van der Waals surface area contributed by atoms with E-state index in [1.54, 1.807) is 6.33 Å². The number of aryl methyl sites for hydroxylation is 1. The smallest absolute Gasteiger partial charge is 0.129 e. The zero-order chi connectivity index (χ0) is 12.1. The summed E-state index contributed by atoms with van der Waals surface area (Å²) in [6.45, 7) is 4.12. The summed E-state index contributed by atoms with van der Waals surface area (Å²) in [5.41, 5.74) is 2.31. The average molecular weight is 227 g/mol. The molecule has 0 aliphatic rings. The molecule has 1 aromatic heterocycles. The normalized spacial score (nSPS) is 12.1. The lowest BCUT2D eigenvalue weighted by Crippen LogP contribution is -2.18. The van der Waals surface area contributed by atoms with Crippen molar-refractivity contribution in [3.05, 3.63) is 54.0 Å². The maximum Gasteiger partial charge on any atom is 0.129 e. The molecule has 0 spiro atoms. The summed E-state index contributed by atoms with van der Waals surface area (Å²) in [7, 11) is 0. The van der Waals surface area contributed by atoms with Crippen molar-refractivity contribution in [1.29, 1.82) is 0 Å². The maximum atomic E-state index is 4.20. The van der Waals surface area contributed by atoms with Crippen LogP contribution in [0, 0.1) is 6.92 Å². The first-order chi connectivity index (χ1) is 8.24. The van der Waals surface area contributed by atoms with Crippen LogP contribution in [0.4, 0.5) is 5.82 Å². The Bertz CT molecular complexity index is 468. The molecule has 1 heterocycles. The molecule has 1 N–H and O–H groups in total. The van der Waals surface area contributed by atoms with E-state index in [-0.39, 0.29) is 0 Å². The zero-order valence-electron chi connectivity index (χ0n) is 10.2. The highest BCUT2D eigenvalue weighted by molar-refractivity contribution is 5.36. The molecule has 3 nitrogen and oxygen atoms in total. The van der Waals surface area contributed by atoms with Crippen molar-refractivity contribution >= 4 is 5.82 Å². The lowest BCUT2D eigenvalue weighted by Gasteiger charge is -2.14. The van der Waals surface area contributed by atoms with Crippen molar-refractivity contribution in [2.75, 3.05) is 5.32 Å². The molecule has 0 aliphatic carbocycles. The minimum atomic E-state index is 0.353. The lowest BCUT2D eigenvalue weighted by atomic mass is 10.1. The topological polar surface area (TPSA) is 37.8 Å². The van der Waals surface area contributed by atoms with Gasteiger partial charge in [0.1, 0.15) is 12.1 Å². The van der Waals surface area contributed by atoms with Gasteiger partial charge in [0, 0.05) is 17.8 Å². The van der Waals surface area contributed by atoms with Gasteiger partial charge >= 0.3 is 0 Å². The number of nitrogens with zero attached hydrogens (tertiary/aromatic N) is 2. The van der Waals surface area contributed by atoms with Gasteiger partial charge in [-0.25, -0.2) is 9.97 Å². The molecular formula is C14H17N3. The second kappa shape index (κ2) is 5.43. The van der Waals surface area contributed by atoms with Crippen LogP contribution in [0.25, 0.3) is 0 Å². The molecule has 1 aromatic carbocycles. The van der Waals surface area contributed by atoms with Crippen molar-refractivity contribution in [3.8, 4) is 0 Å². The first-order valence-electron chi connectivity index (χ1n) is 5.83. The van der Waals surface area contributed by atoms with Crippen LogP contribution in [0.5, 0.6) is 0 Å². The monoisotopic (exact) mass is 227 g/mol. The summed E-state index contributed by atoms with van der Waals surface area (Å²) in [6.07, 6.45) is 2.58. The predicted molar refractivity (Wildman–Crippen MR) is 70.0 cm³/mol. The summed E-state index contributed by atoms with van der Waals surface area (Å²) < 4.78 is 0. The number of aromatic nitrogens is 2. The Hall–Kier alpha value is -1.90. The molecule has 0 radical (unpaired) electrons. The van der Waals surface area contributed by atoms with Crippen molar-refractivity contribution in [2.24, 2.45) is 0 Å². The number of hydrogen-bond donors (Lipinski definition) is 1. The van der Waals surface area contributed by atoms with Crippen LogP contribution in [-0.4, -0.2) is 16.0 Å². The Morgan fingerprint density at radius 1 is 1.18 bits per heavy atom. The van der Waals surface area contributed by atoms with E-state index in [1.165, 1.54) is 5.56 Å². The molecule has 0 amide bonds. The summed E-state index contributed by atoms with van der Waals surface area (Å²) in [5, 5.41) is 3.38. The van der Waals surface area contributed by atoms with Gasteiger partial charge in [-0.15, -0.1) is 0 Å². The van der Waals surface area contributed by atoms with Gasteiger partial charge in [0.15, 0.2) is 0 Å². The van der Waals surface area contributed by atoms with E-state index < -0.39 is 0 Å². The molecule has 0 fully saturated rings. The summed E-state index contributed by atoms with van der Waals surface area (Å²) in [6, 6.07) is 12.8. The van der Waals surface area contributed by atoms with Gasteiger partial charge in [-0.1, -0.05) is 30.3 Å². The fraction of sp³-hybridized carbons (Fsp3) is 0.286. The van der Waals surface area contributed by atoms with Gasteiger partial charge in [0.05, 0.1) is 0 Å². The van der Waals surface area contributed by atoms with Gasteiger partial charge in [0.2, 0.25) is 0 Å². The molecule has 88 valence electrons. The average Bonchev–Trinajstić information content (AvgIpc) is 2.30. The Labute approximate surface area is 102 Å². The van der Waals surface area contributed by atoms with Crippen LogP contribution in [0.2, 0.25) is 0 Å². The van der Waals surface area contributed by atoms with Crippen LogP contribution >= 0.6 is 0 Å². The van der Waals surface area contributed by atoms with Crippen LogP contribution in [-0.2, 0) is 6.42 Å². The van der Waals surface area contributed by atoms with E-state index in [1.807, 2.05) is 19.1 Å². The van der Waals surface area contributed by atoms with E-state index in [4.69, 9.17) is 0 Å². The fourth-order valence-electron chi connectivity index (χ4n) is 1.80. The molecule has 0 aliphatic heterocycles. The van der Waals surface area contributed by atoms with Gasteiger partial charge in [-0.3, -0.25) is 0 Å². The Kier molecular flexibility index (Phi) is 3.70. The molecule has 0 bridgehead atoms. The van der Waals surface area contributed by atoms with E-state index >= 15 is 0 Å². The summed E-state index contributed by atoms with van der Waals surface area (Å²) >= 11 is 0. The molecule has 1 atom stereocenters. The number of nitrogens with one attached hydrogen (secondary N) is 1. The molecule has 2 aromatic rings. The fourth-order valence-corrected chi connectivity index (χ4v) is 1.80. The lowest BCUT2D eigenvalue weighted by molar-refractivity contribution is 0.783. The number of anilines is 1. The minimum absolute atomic E-state index is 0.353. The number of hydrogen-bond acceptors (Lipinski definition) is 3. The minimum Gasteiger partial charge on any atom is -0.367 e. The maximum absolute atomic E-state index is 4.20. The van der Waals surface area contributed by atoms with Crippen molar-refractivity contribution in [1.82, 2.24) is 9.97 Å². The third-order valence-electron chi connectivity index (χ3n) is 2.58. The number of rotatable bonds is 4. The molecule has 17 heavy (non-hydrogen) atoms. The van der Waals surface area contributed by atoms with Crippen molar-refractivity contribution in [2.45, 2.75) is 26.3 Å². The van der Waals surface area contributed by atoms with Gasteiger partial charge in [0.25, 0.3) is 0 Å². The van der Waals surface area contributed by atoms with Gasteiger partial charge in [-0.05, 0) is 25.8 Å². The SMILES string of the molecule is Cc1cc(NC(C)Cc2ccccc2)ncn1. The standard InChI is InChI=1S/C14H17N3/c1-11-9-14(16-10-15-11)17-12(2)8-13-6-4-3-5-7-13/h3-7,9-10,12H,8H2,1-2H3,(H,15,16,17).